The van der Waals surface area contributed by atoms with Gasteiger partial charge in [-0.15, -0.1) is 0 Å². The third kappa shape index (κ3) is 3.51. The smallest absolute Gasteiger partial charge is 0.305 e. The molecule has 1 atom stereocenters. The number of aliphatic carboxylic acids is 1. The normalized spacial score (nSPS) is 19.5. The van der Waals surface area contributed by atoms with Crippen LogP contribution in [0.2, 0.25) is 0 Å². The lowest BCUT2D eigenvalue weighted by molar-refractivity contribution is -0.152. The summed E-state index contributed by atoms with van der Waals surface area (Å²) in [7, 11) is 0. The van der Waals surface area contributed by atoms with E-state index in [1.807, 2.05) is 0 Å². The maximum absolute atomic E-state index is 13.1. The molecule has 1 saturated heterocycles. The van der Waals surface area contributed by atoms with Crippen LogP contribution in [0.1, 0.15) is 12.0 Å². The summed E-state index contributed by atoms with van der Waals surface area (Å²) in [6.45, 7) is 0.316. The number of carbonyl (C=O) groups excluding carboxylic acids is 1. The molecule has 1 aliphatic heterocycles. The summed E-state index contributed by atoms with van der Waals surface area (Å²) in [4.78, 5) is 24.0. The molecule has 0 aromatic heterocycles. The number of halogens is 1. The average Bonchev–Trinajstić information content (AvgIpc) is 2.33. The Morgan fingerprint density at radius 1 is 1.53 bits per heavy atom. The van der Waals surface area contributed by atoms with Crippen LogP contribution in [0.3, 0.4) is 0 Å². The van der Waals surface area contributed by atoms with Gasteiger partial charge in [0.25, 0.3) is 0 Å². The number of hydrogen-bond donors (Lipinski definition) is 1. The van der Waals surface area contributed by atoms with E-state index >= 15 is 0 Å². The standard InChI is InChI=1S/C13H14FNO4/c14-10-3-1-2-9(4-10)6-15-11(5-13(17)18)7-19-8-12(15)16/h1-4,11H,5-8H2,(H,17,18). The molecule has 1 heterocycles. The maximum Gasteiger partial charge on any atom is 0.305 e. The van der Waals surface area contributed by atoms with Crippen molar-refractivity contribution in [2.45, 2.75) is 19.0 Å². The van der Waals surface area contributed by atoms with Crippen molar-refractivity contribution in [1.29, 1.82) is 0 Å². The number of morpholine rings is 1. The molecule has 1 aromatic rings. The van der Waals surface area contributed by atoms with Crippen molar-refractivity contribution in [3.63, 3.8) is 0 Å². The van der Waals surface area contributed by atoms with E-state index in [0.717, 1.165) is 0 Å². The number of rotatable bonds is 4. The number of carboxylic acid groups (broad SMARTS) is 1. The Morgan fingerprint density at radius 3 is 3.00 bits per heavy atom. The second-order valence-electron chi connectivity index (χ2n) is 4.42. The molecule has 102 valence electrons. The van der Waals surface area contributed by atoms with E-state index in [4.69, 9.17) is 9.84 Å². The van der Waals surface area contributed by atoms with E-state index in [0.29, 0.717) is 5.56 Å². The zero-order chi connectivity index (χ0) is 13.8. The van der Waals surface area contributed by atoms with Crippen LogP contribution in [0.15, 0.2) is 24.3 Å². The molecule has 19 heavy (non-hydrogen) atoms. The Kier molecular flexibility index (Phi) is 4.11. The number of amides is 1. The third-order valence-electron chi connectivity index (χ3n) is 2.95. The Labute approximate surface area is 109 Å². The molecule has 0 bridgehead atoms. The summed E-state index contributed by atoms with van der Waals surface area (Å²) < 4.78 is 18.2. The molecule has 0 spiro atoms. The maximum atomic E-state index is 13.1. The molecule has 1 amide bonds. The van der Waals surface area contributed by atoms with Crippen molar-refractivity contribution in [1.82, 2.24) is 4.90 Å². The minimum atomic E-state index is -0.993. The fourth-order valence-electron chi connectivity index (χ4n) is 2.08. The van der Waals surface area contributed by atoms with E-state index in [-0.39, 0.29) is 37.9 Å². The van der Waals surface area contributed by atoms with Crippen LogP contribution in [0.25, 0.3) is 0 Å². The Bertz CT molecular complexity index is 491. The minimum Gasteiger partial charge on any atom is -0.481 e. The summed E-state index contributed by atoms with van der Waals surface area (Å²) in [5.74, 6) is -1.65. The van der Waals surface area contributed by atoms with Crippen molar-refractivity contribution in [3.05, 3.63) is 35.6 Å². The van der Waals surface area contributed by atoms with Crippen molar-refractivity contribution in [2.75, 3.05) is 13.2 Å². The molecule has 0 aliphatic carbocycles. The predicted molar refractivity (Wildman–Crippen MR) is 63.8 cm³/mol. The number of hydrogen-bond acceptors (Lipinski definition) is 3. The first kappa shape index (κ1) is 13.5. The molecule has 2 rings (SSSR count). The van der Waals surface area contributed by atoms with Gasteiger partial charge in [-0.3, -0.25) is 9.59 Å². The van der Waals surface area contributed by atoms with Gasteiger partial charge in [0.05, 0.1) is 19.1 Å². The molecule has 1 unspecified atom stereocenters. The van der Waals surface area contributed by atoms with Crippen LogP contribution in [0, 0.1) is 5.82 Å². The van der Waals surface area contributed by atoms with E-state index in [1.54, 1.807) is 12.1 Å². The highest BCUT2D eigenvalue weighted by atomic mass is 19.1. The van der Waals surface area contributed by atoms with Gasteiger partial charge in [-0.1, -0.05) is 12.1 Å². The van der Waals surface area contributed by atoms with Crippen molar-refractivity contribution in [2.24, 2.45) is 0 Å². The topological polar surface area (TPSA) is 66.8 Å². The first-order valence-electron chi connectivity index (χ1n) is 5.89. The van der Waals surface area contributed by atoms with Crippen LogP contribution < -0.4 is 0 Å². The number of nitrogens with zero attached hydrogens (tertiary/aromatic N) is 1. The first-order valence-corrected chi connectivity index (χ1v) is 5.89. The van der Waals surface area contributed by atoms with Crippen molar-refractivity contribution in [3.8, 4) is 0 Å². The lowest BCUT2D eigenvalue weighted by Gasteiger charge is -2.34. The summed E-state index contributed by atoms with van der Waals surface area (Å²) in [5.41, 5.74) is 0.630. The number of carboxylic acids is 1. The van der Waals surface area contributed by atoms with Gasteiger partial charge < -0.3 is 14.7 Å². The van der Waals surface area contributed by atoms with E-state index in [1.165, 1.54) is 17.0 Å². The van der Waals surface area contributed by atoms with Crippen molar-refractivity contribution < 1.29 is 23.8 Å². The lowest BCUT2D eigenvalue weighted by atomic mass is 10.1. The molecule has 6 heteroatoms. The largest absolute Gasteiger partial charge is 0.481 e. The number of benzene rings is 1. The molecule has 1 aliphatic rings. The number of carbonyl (C=O) groups is 2. The van der Waals surface area contributed by atoms with Gasteiger partial charge >= 0.3 is 5.97 Å². The quantitative estimate of drug-likeness (QED) is 0.884. The molecular formula is C13H14FNO4. The van der Waals surface area contributed by atoms with E-state index < -0.39 is 12.0 Å². The predicted octanol–water partition coefficient (Wildman–Crippen LogP) is 1.03. The van der Waals surface area contributed by atoms with Gasteiger partial charge in [0.1, 0.15) is 12.4 Å². The Hall–Kier alpha value is -1.95. The zero-order valence-electron chi connectivity index (χ0n) is 10.2. The van der Waals surface area contributed by atoms with Gasteiger partial charge in [-0.05, 0) is 17.7 Å². The molecule has 1 aromatic carbocycles. The molecule has 5 nitrogen and oxygen atoms in total. The van der Waals surface area contributed by atoms with Crippen LogP contribution in [0.5, 0.6) is 0 Å². The van der Waals surface area contributed by atoms with E-state index in [2.05, 4.69) is 0 Å². The fourth-order valence-corrected chi connectivity index (χ4v) is 2.08. The fraction of sp³-hybridized carbons (Fsp3) is 0.385. The van der Waals surface area contributed by atoms with Crippen LogP contribution >= 0.6 is 0 Å². The highest BCUT2D eigenvalue weighted by Crippen LogP contribution is 2.16. The minimum absolute atomic E-state index is 0.0641. The molecule has 0 saturated carbocycles. The van der Waals surface area contributed by atoms with Gasteiger partial charge in [0, 0.05) is 6.54 Å². The summed E-state index contributed by atoms with van der Waals surface area (Å²) >= 11 is 0. The first-order chi connectivity index (χ1) is 9.06. The van der Waals surface area contributed by atoms with Gasteiger partial charge in [0.15, 0.2) is 0 Å². The summed E-state index contributed by atoms with van der Waals surface area (Å²) in [5, 5.41) is 8.83. The highest BCUT2D eigenvalue weighted by molar-refractivity contribution is 5.79. The van der Waals surface area contributed by atoms with Crippen LogP contribution in [0.4, 0.5) is 4.39 Å². The average molecular weight is 267 g/mol. The Balaban J connectivity index is 2.13. The zero-order valence-corrected chi connectivity index (χ0v) is 10.2. The molecular weight excluding hydrogens is 253 g/mol. The lowest BCUT2D eigenvalue weighted by Crippen LogP contribution is -2.49. The van der Waals surface area contributed by atoms with Gasteiger partial charge in [-0.2, -0.15) is 0 Å². The van der Waals surface area contributed by atoms with Gasteiger partial charge in [0.2, 0.25) is 5.91 Å². The molecule has 1 fully saturated rings. The SMILES string of the molecule is O=C(O)CC1COCC(=O)N1Cc1cccc(F)c1. The third-order valence-corrected chi connectivity index (χ3v) is 2.95. The second-order valence-corrected chi connectivity index (χ2v) is 4.42. The second kappa shape index (κ2) is 5.79. The molecule has 1 N–H and O–H groups in total. The number of ether oxygens (including phenoxy) is 1. The van der Waals surface area contributed by atoms with Crippen molar-refractivity contribution >= 4 is 11.9 Å². The van der Waals surface area contributed by atoms with E-state index in [9.17, 15) is 14.0 Å². The summed E-state index contributed by atoms with van der Waals surface area (Å²) in [6, 6.07) is 5.40. The Morgan fingerprint density at radius 2 is 2.32 bits per heavy atom. The monoisotopic (exact) mass is 267 g/mol. The van der Waals surface area contributed by atoms with Crippen LogP contribution in [-0.4, -0.2) is 41.1 Å². The summed E-state index contributed by atoms with van der Waals surface area (Å²) in [6.07, 6.45) is -0.180. The van der Waals surface area contributed by atoms with Crippen LogP contribution in [-0.2, 0) is 20.9 Å². The molecule has 0 radical (unpaired) electrons. The highest BCUT2D eigenvalue weighted by Gasteiger charge is 2.30. The van der Waals surface area contributed by atoms with Gasteiger partial charge in [-0.25, -0.2) is 4.39 Å².